The monoisotopic (exact) mass is 419 g/mol. The van der Waals surface area contributed by atoms with Crippen molar-refractivity contribution in [2.75, 3.05) is 0 Å². The number of aryl methyl sites for hydroxylation is 1. The Morgan fingerprint density at radius 1 is 0.962 bits per heavy atom. The molecule has 0 saturated heterocycles. The topological polar surface area (TPSA) is 46.2 Å². The Hall–Kier alpha value is -1.32. The van der Waals surface area contributed by atoms with Crippen LogP contribution in [0.2, 0.25) is 0 Å². The van der Waals surface area contributed by atoms with Gasteiger partial charge in [-0.05, 0) is 43.2 Å². The van der Waals surface area contributed by atoms with Gasteiger partial charge in [0.15, 0.2) is 0 Å². The summed E-state index contributed by atoms with van der Waals surface area (Å²) in [5, 5.41) is 10.5. The van der Waals surface area contributed by atoms with Gasteiger partial charge in [0, 0.05) is 17.0 Å². The van der Waals surface area contributed by atoms with E-state index in [-0.39, 0.29) is 28.4 Å². The fourth-order valence-electron chi connectivity index (χ4n) is 3.78. The molecule has 144 valence electrons. The fourth-order valence-corrected chi connectivity index (χ4v) is 3.78. The summed E-state index contributed by atoms with van der Waals surface area (Å²) in [6, 6.07) is 16.3. The van der Waals surface area contributed by atoms with E-state index < -0.39 is 0 Å². The van der Waals surface area contributed by atoms with Gasteiger partial charge in [-0.2, -0.15) is 0 Å². The Bertz CT molecular complexity index is 674. The Balaban J connectivity index is 0.00000338. The smallest absolute Gasteiger partial charge is 0.119 e. The van der Waals surface area contributed by atoms with Crippen molar-refractivity contribution < 1.29 is 5.11 Å². The molecule has 2 rings (SSSR count). The molecule has 2 aromatic carbocycles. The van der Waals surface area contributed by atoms with Gasteiger partial charge >= 0.3 is 0 Å². The second-order valence-electron chi connectivity index (χ2n) is 7.99. The molecule has 1 atom stereocenters. The summed E-state index contributed by atoms with van der Waals surface area (Å²) in [4.78, 5) is 0. The number of hydrogen-bond acceptors (Lipinski definition) is 2. The van der Waals surface area contributed by atoms with Gasteiger partial charge in [0.25, 0.3) is 0 Å². The minimum absolute atomic E-state index is 0. The van der Waals surface area contributed by atoms with Crippen LogP contribution in [0.4, 0.5) is 0 Å². The summed E-state index contributed by atoms with van der Waals surface area (Å²) in [7, 11) is 0. The first-order chi connectivity index (χ1) is 11.8. The van der Waals surface area contributed by atoms with Crippen LogP contribution < -0.4 is 5.73 Å². The van der Waals surface area contributed by atoms with Gasteiger partial charge < -0.3 is 10.8 Å². The quantitative estimate of drug-likeness (QED) is 0.560. The minimum Gasteiger partial charge on any atom is -0.508 e. The molecule has 0 saturated carbocycles. The zero-order valence-electron chi connectivity index (χ0n) is 16.7. The molecule has 0 bridgehead atoms. The number of hydrogen-bond donors (Lipinski definition) is 2. The average Bonchev–Trinajstić information content (AvgIpc) is 2.58. The average molecular weight is 420 g/mol. The third-order valence-electron chi connectivity index (χ3n) is 5.78. The lowest BCUT2D eigenvalue weighted by Gasteiger charge is -2.39. The standard InChI is InChI=1S/C23H33NO.BrH/c1-16(2)23(24,17(3)4)14-13-20(19-9-7-6-8-10-19)21-15-18(5)11-12-22(21)25;/h6-12,15-17,20,25H,13-14,24H2,1-5H3;1H. The van der Waals surface area contributed by atoms with E-state index in [4.69, 9.17) is 5.73 Å². The van der Waals surface area contributed by atoms with Crippen molar-refractivity contribution in [1.82, 2.24) is 0 Å². The van der Waals surface area contributed by atoms with Crippen molar-refractivity contribution in [2.24, 2.45) is 17.6 Å². The highest BCUT2D eigenvalue weighted by atomic mass is 79.9. The second kappa shape index (κ2) is 9.57. The van der Waals surface area contributed by atoms with Crippen LogP contribution in [0.3, 0.4) is 0 Å². The van der Waals surface area contributed by atoms with Crippen LogP contribution >= 0.6 is 17.0 Å². The molecule has 26 heavy (non-hydrogen) atoms. The van der Waals surface area contributed by atoms with Crippen molar-refractivity contribution in [3.8, 4) is 5.75 Å². The molecule has 0 aliphatic rings. The lowest BCUT2D eigenvalue weighted by atomic mass is 9.72. The van der Waals surface area contributed by atoms with Crippen LogP contribution in [0.1, 0.15) is 63.1 Å². The van der Waals surface area contributed by atoms with E-state index in [0.29, 0.717) is 17.6 Å². The van der Waals surface area contributed by atoms with Crippen LogP contribution in [0, 0.1) is 18.8 Å². The maximum Gasteiger partial charge on any atom is 0.119 e. The molecule has 2 nitrogen and oxygen atoms in total. The molecule has 3 heteroatoms. The largest absolute Gasteiger partial charge is 0.508 e. The highest BCUT2D eigenvalue weighted by Gasteiger charge is 2.33. The van der Waals surface area contributed by atoms with Crippen LogP contribution in [0.5, 0.6) is 5.75 Å². The summed E-state index contributed by atoms with van der Waals surface area (Å²) >= 11 is 0. The SMILES string of the molecule is Br.Cc1ccc(O)c(C(CCC(N)(C(C)C)C(C)C)c2ccccc2)c1. The summed E-state index contributed by atoms with van der Waals surface area (Å²) in [6.07, 6.45) is 1.85. The van der Waals surface area contributed by atoms with Crippen molar-refractivity contribution >= 4 is 17.0 Å². The summed E-state index contributed by atoms with van der Waals surface area (Å²) < 4.78 is 0. The maximum absolute atomic E-state index is 10.5. The molecular formula is C23H34BrNO. The number of nitrogens with two attached hydrogens (primary N) is 1. The number of phenols is 1. The molecule has 3 N–H and O–H groups in total. The van der Waals surface area contributed by atoms with Gasteiger partial charge in [-0.25, -0.2) is 0 Å². The van der Waals surface area contributed by atoms with E-state index in [1.54, 1.807) is 6.07 Å². The van der Waals surface area contributed by atoms with Gasteiger partial charge in [-0.3, -0.25) is 0 Å². The first-order valence-corrected chi connectivity index (χ1v) is 9.39. The second-order valence-corrected chi connectivity index (χ2v) is 7.99. The summed E-state index contributed by atoms with van der Waals surface area (Å²) in [5.74, 6) is 1.35. The molecule has 0 heterocycles. The number of aromatic hydroxyl groups is 1. The fraction of sp³-hybridized carbons (Fsp3) is 0.478. The Morgan fingerprint density at radius 2 is 1.54 bits per heavy atom. The van der Waals surface area contributed by atoms with Crippen LogP contribution in [0.15, 0.2) is 48.5 Å². The van der Waals surface area contributed by atoms with Crippen LogP contribution in [-0.4, -0.2) is 10.6 Å². The minimum atomic E-state index is -0.202. The van der Waals surface area contributed by atoms with Crippen LogP contribution in [-0.2, 0) is 0 Å². The Labute approximate surface area is 169 Å². The summed E-state index contributed by atoms with van der Waals surface area (Å²) in [6.45, 7) is 10.9. The first-order valence-electron chi connectivity index (χ1n) is 9.39. The molecule has 0 fully saturated rings. The third kappa shape index (κ3) is 5.11. The molecule has 0 aliphatic heterocycles. The lowest BCUT2D eigenvalue weighted by Crippen LogP contribution is -2.50. The van der Waals surface area contributed by atoms with E-state index in [9.17, 15) is 5.11 Å². The Morgan fingerprint density at radius 3 is 2.08 bits per heavy atom. The lowest BCUT2D eigenvalue weighted by molar-refractivity contribution is 0.201. The number of benzene rings is 2. The zero-order chi connectivity index (χ0) is 18.6. The van der Waals surface area contributed by atoms with E-state index >= 15 is 0 Å². The molecule has 2 aromatic rings. The van der Waals surface area contributed by atoms with Crippen molar-refractivity contribution in [3.05, 3.63) is 65.2 Å². The van der Waals surface area contributed by atoms with Crippen molar-refractivity contribution in [3.63, 3.8) is 0 Å². The predicted octanol–water partition coefficient (Wildman–Crippen LogP) is 6.20. The summed E-state index contributed by atoms with van der Waals surface area (Å²) in [5.41, 5.74) is 9.99. The first kappa shape index (κ1) is 22.7. The van der Waals surface area contributed by atoms with Gasteiger partial charge in [0.05, 0.1) is 0 Å². The highest BCUT2D eigenvalue weighted by molar-refractivity contribution is 8.93. The normalized spacial score (nSPS) is 12.9. The Kier molecular flexibility index (Phi) is 8.36. The molecule has 0 aliphatic carbocycles. The van der Waals surface area contributed by atoms with Gasteiger partial charge in [0.2, 0.25) is 0 Å². The zero-order valence-corrected chi connectivity index (χ0v) is 18.4. The third-order valence-corrected chi connectivity index (χ3v) is 5.78. The van der Waals surface area contributed by atoms with Gasteiger partial charge in [-0.1, -0.05) is 75.7 Å². The molecule has 0 amide bonds. The van der Waals surface area contributed by atoms with E-state index in [1.807, 2.05) is 12.1 Å². The molecule has 1 unspecified atom stereocenters. The van der Waals surface area contributed by atoms with Crippen molar-refractivity contribution in [1.29, 1.82) is 0 Å². The number of phenolic OH excluding ortho intramolecular Hbond substituents is 1. The predicted molar refractivity (Wildman–Crippen MR) is 117 cm³/mol. The molecule has 0 spiro atoms. The van der Waals surface area contributed by atoms with Crippen molar-refractivity contribution in [2.45, 2.75) is 58.9 Å². The van der Waals surface area contributed by atoms with E-state index in [0.717, 1.165) is 18.4 Å². The highest BCUT2D eigenvalue weighted by Crippen LogP contribution is 2.39. The molecular weight excluding hydrogens is 386 g/mol. The maximum atomic E-state index is 10.5. The van der Waals surface area contributed by atoms with E-state index in [2.05, 4.69) is 65.0 Å². The van der Waals surface area contributed by atoms with Gasteiger partial charge in [-0.15, -0.1) is 17.0 Å². The van der Waals surface area contributed by atoms with E-state index in [1.165, 1.54) is 11.1 Å². The van der Waals surface area contributed by atoms with Crippen LogP contribution in [0.25, 0.3) is 0 Å². The number of rotatable bonds is 7. The molecule has 0 aromatic heterocycles. The number of halogens is 1. The van der Waals surface area contributed by atoms with Gasteiger partial charge in [0.1, 0.15) is 5.75 Å². The molecule has 0 radical (unpaired) electrons.